The molecule has 0 saturated heterocycles. The predicted octanol–water partition coefficient (Wildman–Crippen LogP) is 4.85. The van der Waals surface area contributed by atoms with Crippen molar-refractivity contribution in [2.24, 2.45) is 0 Å². The van der Waals surface area contributed by atoms with E-state index in [9.17, 15) is 9.59 Å². The third-order valence-electron chi connectivity index (χ3n) is 2.82. The number of para-hydroxylation sites is 1. The number of anilines is 1. The summed E-state index contributed by atoms with van der Waals surface area (Å²) in [6.07, 6.45) is 0. The van der Waals surface area contributed by atoms with Gasteiger partial charge in [-0.25, -0.2) is 0 Å². The highest BCUT2D eigenvalue weighted by molar-refractivity contribution is 6.30. The zero-order chi connectivity index (χ0) is 17.4. The van der Waals surface area contributed by atoms with E-state index in [-0.39, 0.29) is 11.7 Å². The Labute approximate surface area is 141 Å². The van der Waals surface area contributed by atoms with E-state index in [1.165, 1.54) is 6.92 Å². The van der Waals surface area contributed by atoms with Gasteiger partial charge in [-0.1, -0.05) is 37.6 Å². The van der Waals surface area contributed by atoms with Crippen LogP contribution in [0.2, 0.25) is 5.02 Å². The molecule has 5 heteroatoms. The summed E-state index contributed by atoms with van der Waals surface area (Å²) in [6, 6.07) is 11.8. The summed E-state index contributed by atoms with van der Waals surface area (Å²) >= 11 is 5.88. The molecule has 2 rings (SSSR count). The van der Waals surface area contributed by atoms with Crippen molar-refractivity contribution >= 4 is 29.2 Å². The molecular formula is C18H20ClNO3. The van der Waals surface area contributed by atoms with Gasteiger partial charge in [0.15, 0.2) is 0 Å². The zero-order valence-corrected chi connectivity index (χ0v) is 14.4. The number of nitrogens with one attached hydrogen (secondary N) is 1. The van der Waals surface area contributed by atoms with E-state index in [4.69, 9.17) is 16.3 Å². The van der Waals surface area contributed by atoms with Crippen LogP contribution in [-0.4, -0.2) is 11.9 Å². The summed E-state index contributed by atoms with van der Waals surface area (Å²) < 4.78 is 5.03. The van der Waals surface area contributed by atoms with E-state index in [1.807, 2.05) is 20.8 Å². The molecule has 4 nitrogen and oxygen atoms in total. The third-order valence-corrected chi connectivity index (χ3v) is 3.06. The molecular weight excluding hydrogens is 314 g/mol. The van der Waals surface area contributed by atoms with Gasteiger partial charge in [-0.2, -0.15) is 0 Å². The van der Waals surface area contributed by atoms with Crippen molar-refractivity contribution in [2.45, 2.75) is 27.7 Å². The first-order valence-corrected chi connectivity index (χ1v) is 7.70. The van der Waals surface area contributed by atoms with Gasteiger partial charge in [0.1, 0.15) is 5.75 Å². The number of rotatable bonds is 3. The highest BCUT2D eigenvalue weighted by Crippen LogP contribution is 2.23. The molecule has 1 amide bonds. The Kier molecular flexibility index (Phi) is 7.29. The molecule has 0 heterocycles. The number of esters is 1. The maximum Gasteiger partial charge on any atom is 0.308 e. The quantitative estimate of drug-likeness (QED) is 0.645. The van der Waals surface area contributed by atoms with Crippen LogP contribution in [0.25, 0.3) is 0 Å². The normalized spacial score (nSPS) is 9.43. The first-order valence-electron chi connectivity index (χ1n) is 7.32. The number of carbonyl (C=O) groups is 2. The molecule has 0 radical (unpaired) electrons. The average Bonchev–Trinajstić information content (AvgIpc) is 2.52. The molecule has 0 spiro atoms. The van der Waals surface area contributed by atoms with Gasteiger partial charge in [-0.3, -0.25) is 9.59 Å². The van der Waals surface area contributed by atoms with Gasteiger partial charge >= 0.3 is 5.97 Å². The monoisotopic (exact) mass is 333 g/mol. The van der Waals surface area contributed by atoms with Crippen LogP contribution in [0.15, 0.2) is 42.5 Å². The summed E-state index contributed by atoms with van der Waals surface area (Å²) in [5.41, 5.74) is 1.80. The minimum Gasteiger partial charge on any atom is -0.426 e. The summed E-state index contributed by atoms with van der Waals surface area (Å²) in [6.45, 7) is 7.14. The molecule has 2 aromatic carbocycles. The number of hydrogen-bond acceptors (Lipinski definition) is 3. The number of halogens is 1. The molecule has 0 bridgehead atoms. The van der Waals surface area contributed by atoms with E-state index in [1.54, 1.807) is 42.5 Å². The molecule has 122 valence electrons. The molecule has 0 unspecified atom stereocenters. The lowest BCUT2D eigenvalue weighted by Crippen LogP contribution is -2.15. The Bertz CT molecular complexity index is 698. The van der Waals surface area contributed by atoms with Crippen LogP contribution in [0.5, 0.6) is 5.75 Å². The molecule has 2 aromatic rings. The van der Waals surface area contributed by atoms with Crippen molar-refractivity contribution in [3.05, 3.63) is 58.6 Å². The van der Waals surface area contributed by atoms with Crippen molar-refractivity contribution in [3.8, 4) is 5.75 Å². The molecule has 0 aliphatic carbocycles. The van der Waals surface area contributed by atoms with Crippen LogP contribution in [0.3, 0.4) is 0 Å². The van der Waals surface area contributed by atoms with Crippen LogP contribution < -0.4 is 10.1 Å². The van der Waals surface area contributed by atoms with Crippen molar-refractivity contribution in [2.75, 3.05) is 5.32 Å². The molecule has 0 aromatic heterocycles. The smallest absolute Gasteiger partial charge is 0.308 e. The fourth-order valence-corrected chi connectivity index (χ4v) is 2.08. The van der Waals surface area contributed by atoms with E-state index in [2.05, 4.69) is 5.32 Å². The van der Waals surface area contributed by atoms with Crippen LogP contribution >= 0.6 is 11.6 Å². The van der Waals surface area contributed by atoms with Crippen molar-refractivity contribution in [1.82, 2.24) is 0 Å². The maximum atomic E-state index is 12.3. The molecule has 0 atom stereocenters. The number of hydrogen-bond donors (Lipinski definition) is 1. The second-order valence-corrected chi connectivity index (χ2v) is 4.94. The lowest BCUT2D eigenvalue weighted by atomic mass is 10.1. The summed E-state index contributed by atoms with van der Waals surface area (Å²) in [7, 11) is 0. The molecule has 0 aliphatic rings. The Morgan fingerprint density at radius 1 is 1.09 bits per heavy atom. The first kappa shape index (κ1) is 18.7. The molecule has 0 saturated carbocycles. The van der Waals surface area contributed by atoms with Gasteiger partial charge in [0.2, 0.25) is 0 Å². The third kappa shape index (κ3) is 5.42. The summed E-state index contributed by atoms with van der Waals surface area (Å²) in [5.74, 6) is -0.593. The minimum atomic E-state index is -0.474. The fourth-order valence-electron chi connectivity index (χ4n) is 1.86. The maximum absolute atomic E-state index is 12.3. The van der Waals surface area contributed by atoms with Gasteiger partial charge in [0.05, 0.1) is 5.56 Å². The number of carbonyl (C=O) groups excluding carboxylic acids is 2. The second-order valence-electron chi connectivity index (χ2n) is 4.50. The van der Waals surface area contributed by atoms with Crippen LogP contribution in [0.4, 0.5) is 5.69 Å². The molecule has 23 heavy (non-hydrogen) atoms. The topological polar surface area (TPSA) is 55.4 Å². The minimum absolute atomic E-state index is 0.231. The first-order chi connectivity index (χ1) is 11.0. The largest absolute Gasteiger partial charge is 0.426 e. The number of amides is 1. The zero-order valence-electron chi connectivity index (χ0n) is 13.6. The lowest BCUT2D eigenvalue weighted by Gasteiger charge is -2.11. The van der Waals surface area contributed by atoms with Gasteiger partial charge in [0.25, 0.3) is 5.91 Å². The van der Waals surface area contributed by atoms with Gasteiger partial charge in [-0.15, -0.1) is 0 Å². The second kappa shape index (κ2) is 8.96. The average molecular weight is 334 g/mol. The number of aryl methyl sites for hydroxylation is 1. The Balaban J connectivity index is 0.00000127. The van der Waals surface area contributed by atoms with Gasteiger partial charge in [0, 0.05) is 17.6 Å². The predicted molar refractivity (Wildman–Crippen MR) is 93.2 cm³/mol. The fraction of sp³-hybridized carbons (Fsp3) is 0.222. The highest BCUT2D eigenvalue weighted by atomic mass is 35.5. The van der Waals surface area contributed by atoms with Gasteiger partial charge < -0.3 is 10.1 Å². The SMILES string of the molecule is CC.CC(=O)Oc1ccccc1C(=O)Nc1ccc(Cl)cc1C. The number of benzene rings is 2. The van der Waals surface area contributed by atoms with Gasteiger partial charge in [-0.05, 0) is 42.8 Å². The van der Waals surface area contributed by atoms with E-state index in [0.717, 1.165) is 5.56 Å². The Hall–Kier alpha value is -2.33. The lowest BCUT2D eigenvalue weighted by molar-refractivity contribution is -0.131. The molecule has 0 aliphatic heterocycles. The van der Waals surface area contributed by atoms with Crippen LogP contribution in [-0.2, 0) is 4.79 Å². The van der Waals surface area contributed by atoms with Crippen molar-refractivity contribution < 1.29 is 14.3 Å². The van der Waals surface area contributed by atoms with Crippen LogP contribution in [0, 0.1) is 6.92 Å². The van der Waals surface area contributed by atoms with Crippen LogP contribution in [0.1, 0.15) is 36.7 Å². The van der Waals surface area contributed by atoms with E-state index in [0.29, 0.717) is 16.3 Å². The number of ether oxygens (including phenoxy) is 1. The molecule has 1 N–H and O–H groups in total. The van der Waals surface area contributed by atoms with E-state index >= 15 is 0 Å². The highest BCUT2D eigenvalue weighted by Gasteiger charge is 2.14. The standard InChI is InChI=1S/C16H14ClNO3.C2H6/c1-10-9-12(17)7-8-14(10)18-16(20)13-5-3-4-6-15(13)21-11(2)19;1-2/h3-9H,1-2H3,(H,18,20);1-2H3. The summed E-state index contributed by atoms with van der Waals surface area (Å²) in [4.78, 5) is 23.4. The van der Waals surface area contributed by atoms with Crippen molar-refractivity contribution in [1.29, 1.82) is 0 Å². The molecule has 0 fully saturated rings. The Morgan fingerprint density at radius 3 is 2.35 bits per heavy atom. The van der Waals surface area contributed by atoms with Crippen molar-refractivity contribution in [3.63, 3.8) is 0 Å². The summed E-state index contributed by atoms with van der Waals surface area (Å²) in [5, 5.41) is 3.38. The van der Waals surface area contributed by atoms with E-state index < -0.39 is 5.97 Å². The Morgan fingerprint density at radius 2 is 1.74 bits per heavy atom.